The van der Waals surface area contributed by atoms with Crippen molar-refractivity contribution in [1.82, 2.24) is 4.90 Å². The van der Waals surface area contributed by atoms with Crippen LogP contribution in [0.2, 0.25) is 0 Å². The van der Waals surface area contributed by atoms with Gasteiger partial charge in [0.2, 0.25) is 0 Å². The molecule has 0 unspecified atom stereocenters. The fourth-order valence-electron chi connectivity index (χ4n) is 2.22. The van der Waals surface area contributed by atoms with E-state index in [0.717, 1.165) is 16.3 Å². The van der Waals surface area contributed by atoms with Crippen LogP contribution in [0.3, 0.4) is 0 Å². The highest BCUT2D eigenvalue weighted by Crippen LogP contribution is 2.20. The highest BCUT2D eigenvalue weighted by molar-refractivity contribution is 9.09. The third-order valence-corrected chi connectivity index (χ3v) is 3.43. The largest absolute Gasteiger partial charge is 0.293 e. The Hall–Kier alpha value is -1.00. The van der Waals surface area contributed by atoms with E-state index in [1.807, 2.05) is 42.5 Å². The molecule has 2 aromatic carbocycles. The van der Waals surface area contributed by atoms with Gasteiger partial charge in [-0.2, -0.15) is 0 Å². The van der Waals surface area contributed by atoms with Crippen molar-refractivity contribution in [2.75, 3.05) is 18.4 Å². The number of nitrogens with zero attached hydrogens (tertiary/aromatic N) is 1. The van der Waals surface area contributed by atoms with E-state index in [2.05, 4.69) is 15.9 Å². The summed E-state index contributed by atoms with van der Waals surface area (Å²) in [5.41, 5.74) is 1.10. The minimum absolute atomic E-state index is 0.186. The Bertz CT molecular complexity index is 525. The SMILES string of the molecule is FC(F)CN(CCBr)Cc1cccc2ccccc12. The molecule has 102 valence electrons. The number of benzene rings is 2. The molecule has 2 aromatic rings. The number of hydrogen-bond acceptors (Lipinski definition) is 1. The molecular formula is C15H16BrF2N. The Kier molecular flexibility index (Phi) is 5.28. The second kappa shape index (κ2) is 6.96. The Labute approximate surface area is 120 Å². The van der Waals surface area contributed by atoms with Crippen molar-refractivity contribution >= 4 is 26.7 Å². The first-order valence-corrected chi connectivity index (χ1v) is 7.36. The molecule has 19 heavy (non-hydrogen) atoms. The molecule has 0 aromatic heterocycles. The average Bonchev–Trinajstić information content (AvgIpc) is 2.39. The summed E-state index contributed by atoms with van der Waals surface area (Å²) < 4.78 is 25.1. The van der Waals surface area contributed by atoms with Crippen LogP contribution in [0.4, 0.5) is 8.78 Å². The van der Waals surface area contributed by atoms with Gasteiger partial charge in [-0.05, 0) is 16.3 Å². The third-order valence-electron chi connectivity index (χ3n) is 3.07. The van der Waals surface area contributed by atoms with Gasteiger partial charge in [0.05, 0.1) is 6.54 Å². The molecule has 0 heterocycles. The minimum Gasteiger partial charge on any atom is -0.293 e. The highest BCUT2D eigenvalue weighted by atomic mass is 79.9. The molecule has 0 aliphatic rings. The van der Waals surface area contributed by atoms with E-state index >= 15 is 0 Å². The van der Waals surface area contributed by atoms with Gasteiger partial charge >= 0.3 is 0 Å². The van der Waals surface area contributed by atoms with Crippen LogP contribution in [0.15, 0.2) is 42.5 Å². The van der Waals surface area contributed by atoms with Crippen LogP contribution in [-0.4, -0.2) is 29.7 Å². The van der Waals surface area contributed by atoms with E-state index in [-0.39, 0.29) is 6.54 Å². The lowest BCUT2D eigenvalue weighted by Crippen LogP contribution is -2.30. The molecule has 0 spiro atoms. The monoisotopic (exact) mass is 327 g/mol. The van der Waals surface area contributed by atoms with Crippen molar-refractivity contribution in [1.29, 1.82) is 0 Å². The molecule has 0 amide bonds. The summed E-state index contributed by atoms with van der Waals surface area (Å²) in [4.78, 5) is 1.78. The quantitative estimate of drug-likeness (QED) is 0.715. The smallest absolute Gasteiger partial charge is 0.251 e. The second-order valence-electron chi connectivity index (χ2n) is 4.45. The summed E-state index contributed by atoms with van der Waals surface area (Å²) >= 11 is 3.32. The first kappa shape index (κ1) is 14.4. The number of fused-ring (bicyclic) bond motifs is 1. The normalized spacial score (nSPS) is 11.6. The van der Waals surface area contributed by atoms with E-state index in [0.29, 0.717) is 18.4 Å². The van der Waals surface area contributed by atoms with E-state index < -0.39 is 6.43 Å². The Balaban J connectivity index is 2.23. The highest BCUT2D eigenvalue weighted by Gasteiger charge is 2.13. The first-order chi connectivity index (χ1) is 9.20. The molecule has 0 saturated heterocycles. The zero-order valence-electron chi connectivity index (χ0n) is 10.5. The molecule has 0 fully saturated rings. The lowest BCUT2D eigenvalue weighted by Gasteiger charge is -2.21. The van der Waals surface area contributed by atoms with Crippen LogP contribution in [0.25, 0.3) is 10.8 Å². The first-order valence-electron chi connectivity index (χ1n) is 6.24. The maximum absolute atomic E-state index is 12.6. The van der Waals surface area contributed by atoms with Crippen LogP contribution >= 0.6 is 15.9 Å². The van der Waals surface area contributed by atoms with Crippen LogP contribution < -0.4 is 0 Å². The summed E-state index contributed by atoms with van der Waals surface area (Å²) in [6.45, 7) is 0.986. The Morgan fingerprint density at radius 1 is 1.05 bits per heavy atom. The van der Waals surface area contributed by atoms with Gasteiger partial charge in [-0.25, -0.2) is 8.78 Å². The summed E-state index contributed by atoms with van der Waals surface area (Å²) in [5, 5.41) is 2.99. The van der Waals surface area contributed by atoms with E-state index in [4.69, 9.17) is 0 Å². The molecule has 1 nitrogen and oxygen atoms in total. The lowest BCUT2D eigenvalue weighted by molar-refractivity contribution is 0.0883. The van der Waals surface area contributed by atoms with Crippen LogP contribution in [0.1, 0.15) is 5.56 Å². The fraction of sp³-hybridized carbons (Fsp3) is 0.333. The van der Waals surface area contributed by atoms with Crippen LogP contribution in [0.5, 0.6) is 0 Å². The van der Waals surface area contributed by atoms with Gasteiger partial charge in [-0.3, -0.25) is 4.90 Å². The lowest BCUT2D eigenvalue weighted by atomic mass is 10.0. The van der Waals surface area contributed by atoms with Crippen molar-refractivity contribution in [3.05, 3.63) is 48.0 Å². The molecule has 4 heteroatoms. The number of hydrogen-bond donors (Lipinski definition) is 0. The molecule has 2 rings (SSSR count). The molecule has 0 atom stereocenters. The summed E-state index contributed by atoms with van der Waals surface area (Å²) in [6.07, 6.45) is -2.30. The van der Waals surface area contributed by atoms with Crippen molar-refractivity contribution in [2.24, 2.45) is 0 Å². The Morgan fingerprint density at radius 2 is 1.79 bits per heavy atom. The molecule has 0 aliphatic carbocycles. The van der Waals surface area contributed by atoms with Gasteiger partial charge in [0.25, 0.3) is 6.43 Å². The van der Waals surface area contributed by atoms with E-state index in [9.17, 15) is 8.78 Å². The van der Waals surface area contributed by atoms with Gasteiger partial charge in [-0.1, -0.05) is 58.4 Å². The Morgan fingerprint density at radius 3 is 2.53 bits per heavy atom. The predicted octanol–water partition coefficient (Wildman–Crippen LogP) is 4.30. The molecule has 0 N–H and O–H groups in total. The van der Waals surface area contributed by atoms with Crippen LogP contribution in [-0.2, 0) is 6.54 Å². The van der Waals surface area contributed by atoms with Crippen molar-refractivity contribution in [2.45, 2.75) is 13.0 Å². The third kappa shape index (κ3) is 3.98. The molecule has 0 saturated carbocycles. The van der Waals surface area contributed by atoms with Crippen molar-refractivity contribution in [3.63, 3.8) is 0 Å². The van der Waals surface area contributed by atoms with Crippen molar-refractivity contribution in [3.8, 4) is 0 Å². The number of alkyl halides is 3. The van der Waals surface area contributed by atoms with Gasteiger partial charge in [-0.15, -0.1) is 0 Å². The predicted molar refractivity (Wildman–Crippen MR) is 79.0 cm³/mol. The molecule has 0 radical (unpaired) electrons. The number of halogens is 3. The number of rotatable bonds is 6. The van der Waals surface area contributed by atoms with Crippen molar-refractivity contribution < 1.29 is 8.78 Å². The summed E-state index contributed by atoms with van der Waals surface area (Å²) in [7, 11) is 0. The molecule has 0 bridgehead atoms. The average molecular weight is 328 g/mol. The minimum atomic E-state index is -2.30. The van der Waals surface area contributed by atoms with Gasteiger partial charge in [0, 0.05) is 18.4 Å². The van der Waals surface area contributed by atoms with Gasteiger partial charge in [0.1, 0.15) is 0 Å². The zero-order valence-corrected chi connectivity index (χ0v) is 12.1. The molecular weight excluding hydrogens is 312 g/mol. The maximum Gasteiger partial charge on any atom is 0.251 e. The van der Waals surface area contributed by atoms with E-state index in [1.54, 1.807) is 4.90 Å². The second-order valence-corrected chi connectivity index (χ2v) is 5.25. The topological polar surface area (TPSA) is 3.24 Å². The van der Waals surface area contributed by atoms with Gasteiger partial charge < -0.3 is 0 Å². The molecule has 0 aliphatic heterocycles. The fourth-order valence-corrected chi connectivity index (χ4v) is 2.72. The van der Waals surface area contributed by atoms with Gasteiger partial charge in [0.15, 0.2) is 0 Å². The van der Waals surface area contributed by atoms with Crippen LogP contribution in [0, 0.1) is 0 Å². The standard InChI is InChI=1S/C15H16BrF2N/c16-8-9-19(11-15(17)18)10-13-6-3-5-12-4-1-2-7-14(12)13/h1-7,15H,8-11H2. The summed E-state index contributed by atoms with van der Waals surface area (Å²) in [6, 6.07) is 14.1. The zero-order chi connectivity index (χ0) is 13.7. The van der Waals surface area contributed by atoms with E-state index in [1.165, 1.54) is 0 Å². The maximum atomic E-state index is 12.6. The summed E-state index contributed by atoms with van der Waals surface area (Å²) in [5.74, 6) is 0.